The molecular weight excluding hydrogens is 383 g/mol. The fourth-order valence-electron chi connectivity index (χ4n) is 3.25. The number of nitrogens with two attached hydrogens (primary N) is 1. The predicted molar refractivity (Wildman–Crippen MR) is 119 cm³/mol. The van der Waals surface area contributed by atoms with Crippen molar-refractivity contribution >= 4 is 35.5 Å². The Bertz CT molecular complexity index is 976. The maximum atomic E-state index is 14.3. The van der Waals surface area contributed by atoms with Crippen LogP contribution in [0, 0.1) is 11.2 Å². The zero-order valence-electron chi connectivity index (χ0n) is 17.0. The number of allylic oxidation sites excluding steroid dienone is 1. The molecule has 0 bridgehead atoms. The molecule has 1 aromatic carbocycles. The normalized spacial score (nSPS) is 20.2. The lowest BCUT2D eigenvalue weighted by Gasteiger charge is -2.35. The molecule has 2 aromatic rings. The number of ether oxygens (including phenoxy) is 1. The van der Waals surface area contributed by atoms with Crippen LogP contribution in [0.4, 0.5) is 16.2 Å². The van der Waals surface area contributed by atoms with E-state index in [1.54, 1.807) is 6.08 Å². The van der Waals surface area contributed by atoms with E-state index in [1.165, 1.54) is 12.3 Å². The number of halogens is 1. The number of morpholine rings is 1. The van der Waals surface area contributed by atoms with Crippen molar-refractivity contribution in [2.24, 2.45) is 10.7 Å². The zero-order valence-corrected chi connectivity index (χ0v) is 17.0. The first kappa shape index (κ1) is 21.3. The van der Waals surface area contributed by atoms with Crippen LogP contribution in [0.2, 0.25) is 0 Å². The van der Waals surface area contributed by atoms with E-state index in [9.17, 15) is 4.39 Å². The Morgan fingerprint density at radius 3 is 2.57 bits per heavy atom. The van der Waals surface area contributed by atoms with Crippen molar-refractivity contribution in [1.82, 2.24) is 9.97 Å². The van der Waals surface area contributed by atoms with E-state index in [4.69, 9.17) is 15.9 Å². The van der Waals surface area contributed by atoms with Crippen molar-refractivity contribution in [2.45, 2.75) is 26.1 Å². The molecule has 1 aliphatic heterocycles. The molecule has 1 aliphatic rings. The maximum Gasteiger partial charge on any atom is 0.227 e. The minimum absolute atomic E-state index is 0.0185. The van der Waals surface area contributed by atoms with Gasteiger partial charge in [0.05, 0.1) is 18.4 Å². The van der Waals surface area contributed by atoms with Crippen molar-refractivity contribution in [3.63, 3.8) is 0 Å². The zero-order chi connectivity index (χ0) is 21.7. The summed E-state index contributed by atoms with van der Waals surface area (Å²) in [6.45, 7) is 8.86. The van der Waals surface area contributed by atoms with Gasteiger partial charge in [0.25, 0.3) is 0 Å². The molecule has 1 saturated heterocycles. The van der Waals surface area contributed by atoms with Gasteiger partial charge in [-0.1, -0.05) is 36.9 Å². The number of aromatic nitrogens is 2. The van der Waals surface area contributed by atoms with E-state index in [-0.39, 0.29) is 23.9 Å². The van der Waals surface area contributed by atoms with E-state index >= 15 is 0 Å². The molecule has 0 spiro atoms. The van der Waals surface area contributed by atoms with Gasteiger partial charge in [0.2, 0.25) is 5.95 Å². The van der Waals surface area contributed by atoms with Crippen LogP contribution in [0.25, 0.3) is 11.6 Å². The Kier molecular flexibility index (Phi) is 6.68. The molecule has 2 atom stereocenters. The van der Waals surface area contributed by atoms with Crippen LogP contribution >= 0.6 is 0 Å². The lowest BCUT2D eigenvalue weighted by Crippen LogP contribution is -2.46. The van der Waals surface area contributed by atoms with Crippen LogP contribution < -0.4 is 10.6 Å². The van der Waals surface area contributed by atoms with Crippen LogP contribution in [0.3, 0.4) is 0 Å². The predicted octanol–water partition coefficient (Wildman–Crippen LogP) is 3.59. The number of aliphatic imine (C=N–C) groups is 1. The summed E-state index contributed by atoms with van der Waals surface area (Å²) in [6, 6.07) is 7.47. The molecule has 7 nitrogen and oxygen atoms in total. The summed E-state index contributed by atoms with van der Waals surface area (Å²) in [4.78, 5) is 14.4. The molecular formula is C22H25FN6O. The number of hydrogen-bond acceptors (Lipinski definition) is 6. The number of amidine groups is 1. The first-order valence-corrected chi connectivity index (χ1v) is 9.61. The summed E-state index contributed by atoms with van der Waals surface area (Å²) in [5.74, 6) is -0.405. The largest absolute Gasteiger partial charge is 0.384 e. The first-order chi connectivity index (χ1) is 14.4. The van der Waals surface area contributed by atoms with Crippen LogP contribution in [-0.4, -0.2) is 47.3 Å². The Labute approximate surface area is 175 Å². The number of anilines is 1. The van der Waals surface area contributed by atoms with Crippen molar-refractivity contribution in [3.05, 3.63) is 60.1 Å². The summed E-state index contributed by atoms with van der Waals surface area (Å²) < 4.78 is 20.0. The molecule has 30 heavy (non-hydrogen) atoms. The monoisotopic (exact) mass is 408 g/mol. The third-order valence-electron chi connectivity index (χ3n) is 4.59. The lowest BCUT2D eigenvalue weighted by molar-refractivity contribution is -0.00572. The molecule has 3 N–H and O–H groups in total. The first-order valence-electron chi connectivity index (χ1n) is 9.61. The molecule has 0 saturated carbocycles. The highest BCUT2D eigenvalue weighted by atomic mass is 19.1. The standard InChI is InChI=1S/C22H25FN6O/c1-4-16-5-7-17(8-6-16)18(10-24)9-20(25)27-21-19(23)11-26-22(28-21)29-12-14(2)30-15(3)13-29/h4-11,14-15,24H,1,12-13H2,2-3H3,(H2,25,26,27,28)/b18-9+,24-10?/t14-,15+. The van der Waals surface area contributed by atoms with E-state index in [0.29, 0.717) is 24.6 Å². The minimum Gasteiger partial charge on any atom is -0.384 e. The van der Waals surface area contributed by atoms with Crippen molar-refractivity contribution in [2.75, 3.05) is 18.0 Å². The minimum atomic E-state index is -0.670. The van der Waals surface area contributed by atoms with E-state index < -0.39 is 5.82 Å². The lowest BCUT2D eigenvalue weighted by atomic mass is 10.0. The van der Waals surface area contributed by atoms with Crippen LogP contribution in [0.5, 0.6) is 0 Å². The molecule has 0 aliphatic carbocycles. The average Bonchev–Trinajstić information content (AvgIpc) is 2.73. The Balaban J connectivity index is 1.87. The summed E-state index contributed by atoms with van der Waals surface area (Å²) in [5.41, 5.74) is 8.30. The van der Waals surface area contributed by atoms with Gasteiger partial charge in [-0.25, -0.2) is 14.4 Å². The molecule has 1 fully saturated rings. The number of benzene rings is 1. The quantitative estimate of drug-likeness (QED) is 0.562. The van der Waals surface area contributed by atoms with Crippen molar-refractivity contribution in [1.29, 1.82) is 5.41 Å². The Morgan fingerprint density at radius 2 is 1.97 bits per heavy atom. The van der Waals surface area contributed by atoms with Gasteiger partial charge >= 0.3 is 0 Å². The van der Waals surface area contributed by atoms with E-state index in [0.717, 1.165) is 17.3 Å². The van der Waals surface area contributed by atoms with Gasteiger partial charge in [-0.2, -0.15) is 4.98 Å². The molecule has 2 heterocycles. The average molecular weight is 408 g/mol. The van der Waals surface area contributed by atoms with Gasteiger partial charge in [0.1, 0.15) is 5.84 Å². The van der Waals surface area contributed by atoms with E-state index in [1.807, 2.05) is 43.0 Å². The summed E-state index contributed by atoms with van der Waals surface area (Å²) >= 11 is 0. The van der Waals surface area contributed by atoms with Gasteiger partial charge < -0.3 is 20.8 Å². The van der Waals surface area contributed by atoms with Gasteiger partial charge in [0.15, 0.2) is 11.6 Å². The van der Waals surface area contributed by atoms with Gasteiger partial charge in [0, 0.05) is 24.9 Å². The molecule has 0 amide bonds. The molecule has 0 radical (unpaired) electrons. The topological polar surface area (TPSA) is 100 Å². The van der Waals surface area contributed by atoms with Crippen molar-refractivity contribution < 1.29 is 9.13 Å². The molecule has 0 unspecified atom stereocenters. The van der Waals surface area contributed by atoms with Crippen LogP contribution in [-0.2, 0) is 4.74 Å². The summed E-state index contributed by atoms with van der Waals surface area (Å²) in [5, 5.41) is 7.67. The highest BCUT2D eigenvalue weighted by Crippen LogP contribution is 2.22. The second-order valence-corrected chi connectivity index (χ2v) is 7.11. The second-order valence-electron chi connectivity index (χ2n) is 7.11. The highest BCUT2D eigenvalue weighted by Gasteiger charge is 2.24. The number of nitrogens with zero attached hydrogens (tertiary/aromatic N) is 4. The smallest absolute Gasteiger partial charge is 0.227 e. The summed E-state index contributed by atoms with van der Waals surface area (Å²) in [7, 11) is 0. The fourth-order valence-corrected chi connectivity index (χ4v) is 3.25. The van der Waals surface area contributed by atoms with Crippen molar-refractivity contribution in [3.8, 4) is 0 Å². The fraction of sp³-hybridized carbons (Fsp3) is 0.273. The van der Waals surface area contributed by atoms with Crippen LogP contribution in [0.1, 0.15) is 25.0 Å². The Hall–Kier alpha value is -3.39. The van der Waals surface area contributed by atoms with Crippen LogP contribution in [0.15, 0.2) is 48.1 Å². The number of hydrogen-bond donors (Lipinski definition) is 2. The van der Waals surface area contributed by atoms with Gasteiger partial charge in [-0.3, -0.25) is 0 Å². The van der Waals surface area contributed by atoms with E-state index in [2.05, 4.69) is 21.5 Å². The summed E-state index contributed by atoms with van der Waals surface area (Å²) in [6.07, 6.45) is 5.54. The molecule has 8 heteroatoms. The Morgan fingerprint density at radius 1 is 1.30 bits per heavy atom. The SMILES string of the molecule is C=Cc1ccc(/C(C=N)=C/C(N)=Nc2nc(N3C[C@@H](C)O[C@@H](C)C3)ncc2F)cc1. The molecule has 3 rings (SSSR count). The van der Waals surface area contributed by atoms with Gasteiger partial charge in [-0.15, -0.1) is 0 Å². The third-order valence-corrected chi connectivity index (χ3v) is 4.59. The van der Waals surface area contributed by atoms with Gasteiger partial charge in [-0.05, 0) is 31.1 Å². The number of rotatable bonds is 6. The maximum absolute atomic E-state index is 14.3. The molecule has 1 aromatic heterocycles. The highest BCUT2D eigenvalue weighted by molar-refractivity contribution is 6.15. The third kappa shape index (κ3) is 5.15. The number of nitrogens with one attached hydrogen (secondary N) is 1. The molecule has 156 valence electrons. The second kappa shape index (κ2) is 9.41.